The Morgan fingerprint density at radius 1 is 1.45 bits per heavy atom. The molecule has 0 aliphatic rings. The number of amides is 1. The van der Waals surface area contributed by atoms with Crippen molar-refractivity contribution >= 4 is 23.2 Å². The lowest BCUT2D eigenvalue weighted by Crippen LogP contribution is -2.37. The van der Waals surface area contributed by atoms with E-state index in [2.05, 4.69) is 4.98 Å². The molecule has 1 rings (SSSR count). The topological polar surface area (TPSA) is 106 Å². The standard InChI is InChI=1S/C14H23N3O4S/c1-3-6-17(12(19)8-15)7-5-11(18)13-16-10(9-22-13)14(20)21-4-2/h9,11,18H,3-8,15H2,1-2H3. The lowest BCUT2D eigenvalue weighted by atomic mass is 10.2. The van der Waals surface area contributed by atoms with Gasteiger partial charge in [0.2, 0.25) is 5.91 Å². The largest absolute Gasteiger partial charge is 0.461 e. The van der Waals surface area contributed by atoms with Crippen molar-refractivity contribution in [2.24, 2.45) is 5.73 Å². The fourth-order valence-electron chi connectivity index (χ4n) is 1.90. The number of nitrogens with two attached hydrogens (primary N) is 1. The van der Waals surface area contributed by atoms with Gasteiger partial charge in [-0.3, -0.25) is 4.79 Å². The second kappa shape index (κ2) is 9.50. The van der Waals surface area contributed by atoms with Crippen molar-refractivity contribution in [1.82, 2.24) is 9.88 Å². The Labute approximate surface area is 134 Å². The third kappa shape index (κ3) is 5.36. The maximum absolute atomic E-state index is 11.7. The summed E-state index contributed by atoms with van der Waals surface area (Å²) in [6, 6.07) is 0. The van der Waals surface area contributed by atoms with E-state index in [4.69, 9.17) is 10.5 Å². The maximum Gasteiger partial charge on any atom is 0.357 e. The fraction of sp³-hybridized carbons (Fsp3) is 0.643. The quantitative estimate of drug-likeness (QED) is 0.653. The molecule has 124 valence electrons. The third-order valence-corrected chi connectivity index (χ3v) is 3.93. The highest BCUT2D eigenvalue weighted by Gasteiger charge is 2.19. The van der Waals surface area contributed by atoms with Crippen LogP contribution in [0.25, 0.3) is 0 Å². The molecule has 0 aliphatic carbocycles. The van der Waals surface area contributed by atoms with Crippen LogP contribution in [0.4, 0.5) is 0 Å². The number of aromatic nitrogens is 1. The number of esters is 1. The maximum atomic E-state index is 11.7. The normalized spacial score (nSPS) is 12.0. The van der Waals surface area contributed by atoms with Crippen LogP contribution in [0, 0.1) is 0 Å². The van der Waals surface area contributed by atoms with Crippen molar-refractivity contribution in [3.8, 4) is 0 Å². The van der Waals surface area contributed by atoms with Gasteiger partial charge in [0, 0.05) is 18.5 Å². The highest BCUT2D eigenvalue weighted by atomic mass is 32.1. The lowest BCUT2D eigenvalue weighted by Gasteiger charge is -2.22. The Morgan fingerprint density at radius 3 is 2.77 bits per heavy atom. The van der Waals surface area contributed by atoms with Crippen LogP contribution in [0.5, 0.6) is 0 Å². The Hall–Kier alpha value is -1.51. The molecule has 3 N–H and O–H groups in total. The van der Waals surface area contributed by atoms with Crippen molar-refractivity contribution in [2.45, 2.75) is 32.8 Å². The molecule has 0 aromatic carbocycles. The van der Waals surface area contributed by atoms with Crippen LogP contribution >= 0.6 is 11.3 Å². The van der Waals surface area contributed by atoms with Crippen molar-refractivity contribution in [3.05, 3.63) is 16.1 Å². The summed E-state index contributed by atoms with van der Waals surface area (Å²) < 4.78 is 4.85. The fourth-order valence-corrected chi connectivity index (χ4v) is 2.71. The monoisotopic (exact) mass is 329 g/mol. The summed E-state index contributed by atoms with van der Waals surface area (Å²) in [6.45, 7) is 4.94. The second-order valence-corrected chi connectivity index (χ2v) is 5.57. The predicted octanol–water partition coefficient (Wildman–Crippen LogP) is 0.941. The van der Waals surface area contributed by atoms with Gasteiger partial charge >= 0.3 is 5.97 Å². The van der Waals surface area contributed by atoms with Gasteiger partial charge in [0.05, 0.1) is 13.2 Å². The first kappa shape index (κ1) is 18.5. The summed E-state index contributed by atoms with van der Waals surface area (Å²) in [5.41, 5.74) is 5.57. The number of nitrogens with zero attached hydrogens (tertiary/aromatic N) is 2. The molecular formula is C14H23N3O4S. The molecule has 0 aliphatic heterocycles. The minimum absolute atomic E-state index is 0.0413. The highest BCUT2D eigenvalue weighted by molar-refractivity contribution is 7.09. The average molecular weight is 329 g/mol. The number of thiazole rings is 1. The molecular weight excluding hydrogens is 306 g/mol. The van der Waals surface area contributed by atoms with Gasteiger partial charge in [0.1, 0.15) is 11.1 Å². The van der Waals surface area contributed by atoms with Gasteiger partial charge in [-0.15, -0.1) is 11.3 Å². The zero-order valence-corrected chi connectivity index (χ0v) is 13.8. The summed E-state index contributed by atoms with van der Waals surface area (Å²) in [5.74, 6) is -0.636. The van der Waals surface area contributed by atoms with Gasteiger partial charge < -0.3 is 20.5 Å². The Balaban J connectivity index is 2.59. The number of ether oxygens (including phenoxy) is 1. The first-order valence-corrected chi connectivity index (χ1v) is 8.19. The van der Waals surface area contributed by atoms with E-state index in [0.717, 1.165) is 6.42 Å². The highest BCUT2D eigenvalue weighted by Crippen LogP contribution is 2.22. The number of carbonyl (C=O) groups excluding carboxylic acids is 2. The van der Waals surface area contributed by atoms with Gasteiger partial charge in [-0.1, -0.05) is 6.92 Å². The minimum atomic E-state index is -0.821. The molecule has 1 aromatic rings. The summed E-state index contributed by atoms with van der Waals surface area (Å²) in [6.07, 6.45) is 0.353. The molecule has 7 nitrogen and oxygen atoms in total. The van der Waals surface area contributed by atoms with Crippen LogP contribution in [0.2, 0.25) is 0 Å². The van der Waals surface area contributed by atoms with Gasteiger partial charge in [0.15, 0.2) is 5.69 Å². The number of hydrogen-bond donors (Lipinski definition) is 2. The predicted molar refractivity (Wildman–Crippen MR) is 83.6 cm³/mol. The molecule has 1 aromatic heterocycles. The zero-order chi connectivity index (χ0) is 16.5. The molecule has 1 atom stereocenters. The van der Waals surface area contributed by atoms with Crippen molar-refractivity contribution in [2.75, 3.05) is 26.2 Å². The molecule has 1 heterocycles. The molecule has 0 saturated heterocycles. The molecule has 0 saturated carbocycles. The van der Waals surface area contributed by atoms with Crippen LogP contribution in [-0.2, 0) is 9.53 Å². The number of aliphatic hydroxyl groups excluding tert-OH is 1. The Morgan fingerprint density at radius 2 is 2.18 bits per heavy atom. The van der Waals surface area contributed by atoms with Crippen LogP contribution in [-0.4, -0.2) is 53.1 Å². The lowest BCUT2D eigenvalue weighted by molar-refractivity contribution is -0.130. The van der Waals surface area contributed by atoms with Gasteiger partial charge in [-0.05, 0) is 19.8 Å². The number of hydrogen-bond acceptors (Lipinski definition) is 7. The van der Waals surface area contributed by atoms with E-state index in [-0.39, 0.29) is 24.8 Å². The van der Waals surface area contributed by atoms with E-state index in [1.54, 1.807) is 17.2 Å². The van der Waals surface area contributed by atoms with E-state index >= 15 is 0 Å². The number of carbonyl (C=O) groups is 2. The third-order valence-electron chi connectivity index (χ3n) is 2.98. The molecule has 0 fully saturated rings. The van der Waals surface area contributed by atoms with Crippen LogP contribution in [0.3, 0.4) is 0 Å². The Kier molecular flexibility index (Phi) is 8.00. The summed E-state index contributed by atoms with van der Waals surface area (Å²) >= 11 is 1.20. The summed E-state index contributed by atoms with van der Waals surface area (Å²) in [5, 5.41) is 12.1. The molecule has 0 radical (unpaired) electrons. The first-order valence-electron chi connectivity index (χ1n) is 7.31. The van der Waals surface area contributed by atoms with Crippen molar-refractivity contribution < 1.29 is 19.4 Å². The Bertz CT molecular complexity index is 492. The molecule has 1 amide bonds. The molecule has 22 heavy (non-hydrogen) atoms. The molecule has 8 heteroatoms. The zero-order valence-electron chi connectivity index (χ0n) is 12.9. The van der Waals surface area contributed by atoms with E-state index in [0.29, 0.717) is 24.5 Å². The van der Waals surface area contributed by atoms with Crippen molar-refractivity contribution in [3.63, 3.8) is 0 Å². The SMILES string of the molecule is CCCN(CCC(O)c1nc(C(=O)OCC)cs1)C(=O)CN. The van der Waals surface area contributed by atoms with E-state index in [1.165, 1.54) is 11.3 Å². The van der Waals surface area contributed by atoms with Crippen molar-refractivity contribution in [1.29, 1.82) is 0 Å². The van der Waals surface area contributed by atoms with Crippen LogP contribution in [0.1, 0.15) is 48.3 Å². The molecule has 0 bridgehead atoms. The second-order valence-electron chi connectivity index (χ2n) is 4.68. The summed E-state index contributed by atoms with van der Waals surface area (Å²) in [7, 11) is 0. The average Bonchev–Trinajstić information content (AvgIpc) is 3.00. The van der Waals surface area contributed by atoms with E-state index < -0.39 is 12.1 Å². The number of rotatable bonds is 9. The smallest absolute Gasteiger partial charge is 0.357 e. The van der Waals surface area contributed by atoms with Gasteiger partial charge in [-0.2, -0.15) is 0 Å². The molecule has 1 unspecified atom stereocenters. The van der Waals surface area contributed by atoms with Gasteiger partial charge in [-0.25, -0.2) is 9.78 Å². The van der Waals surface area contributed by atoms with E-state index in [1.807, 2.05) is 6.92 Å². The summed E-state index contributed by atoms with van der Waals surface area (Å²) in [4.78, 5) is 28.9. The minimum Gasteiger partial charge on any atom is -0.461 e. The van der Waals surface area contributed by atoms with Gasteiger partial charge in [0.25, 0.3) is 0 Å². The molecule has 0 spiro atoms. The number of aliphatic hydroxyl groups is 1. The van der Waals surface area contributed by atoms with Crippen LogP contribution < -0.4 is 5.73 Å². The van der Waals surface area contributed by atoms with E-state index in [9.17, 15) is 14.7 Å². The first-order chi connectivity index (χ1) is 10.5. The van der Waals surface area contributed by atoms with Crippen LogP contribution in [0.15, 0.2) is 5.38 Å².